The summed E-state index contributed by atoms with van der Waals surface area (Å²) in [5.41, 5.74) is -2.42. The Bertz CT molecular complexity index is 1560. The molecule has 0 radical (unpaired) electrons. The number of alkyl halides is 3. The van der Waals surface area contributed by atoms with E-state index in [0.29, 0.717) is 6.07 Å². The van der Waals surface area contributed by atoms with Crippen LogP contribution in [-0.4, -0.2) is 40.9 Å². The maximum atomic E-state index is 13.4. The fraction of sp³-hybridized carbons (Fsp3) is 0.143. The first kappa shape index (κ1) is 27.7. The predicted octanol–water partition coefficient (Wildman–Crippen LogP) is 4.83. The number of benzene rings is 2. The number of pyridine rings is 1. The van der Waals surface area contributed by atoms with Gasteiger partial charge in [-0.25, -0.2) is 21.8 Å². The summed E-state index contributed by atoms with van der Waals surface area (Å²) >= 11 is 11.5. The van der Waals surface area contributed by atoms with Crippen molar-refractivity contribution < 1.29 is 34.8 Å². The normalized spacial score (nSPS) is 12.3. The van der Waals surface area contributed by atoms with Crippen LogP contribution in [0.4, 0.5) is 24.5 Å². The van der Waals surface area contributed by atoms with Gasteiger partial charge in [-0.15, -0.1) is 0 Å². The van der Waals surface area contributed by atoms with E-state index < -0.39 is 58.9 Å². The van der Waals surface area contributed by atoms with Crippen LogP contribution >= 0.6 is 23.2 Å². The minimum Gasteiger partial charge on any atom is -0.287 e. The molecule has 192 valence electrons. The molecule has 2 aromatic carbocycles. The molecule has 1 heterocycles. The maximum Gasteiger partial charge on any atom is 0.417 e. The van der Waals surface area contributed by atoms with E-state index >= 15 is 0 Å². The molecule has 0 atom stereocenters. The number of hydrogen-bond acceptors (Lipinski definition) is 6. The van der Waals surface area contributed by atoms with Gasteiger partial charge in [0.15, 0.2) is 0 Å². The highest BCUT2D eigenvalue weighted by Gasteiger charge is 2.35. The van der Waals surface area contributed by atoms with Gasteiger partial charge in [-0.3, -0.25) is 13.8 Å². The minimum absolute atomic E-state index is 0.0110. The lowest BCUT2D eigenvalue weighted by Gasteiger charge is -2.20. The van der Waals surface area contributed by atoms with Crippen LogP contribution in [-0.2, 0) is 26.2 Å². The summed E-state index contributed by atoms with van der Waals surface area (Å²) in [4.78, 5) is 16.5. The lowest BCUT2D eigenvalue weighted by Crippen LogP contribution is -2.27. The monoisotopic (exact) mass is 581 g/mol. The molecule has 0 aliphatic heterocycles. The highest BCUT2D eigenvalue weighted by molar-refractivity contribution is 7.92. The quantitative estimate of drug-likeness (QED) is 0.399. The van der Waals surface area contributed by atoms with Crippen molar-refractivity contribution in [1.82, 2.24) is 4.98 Å². The topological polar surface area (TPSA) is 114 Å². The summed E-state index contributed by atoms with van der Waals surface area (Å²) < 4.78 is 92.5. The van der Waals surface area contributed by atoms with Gasteiger partial charge in [0.2, 0.25) is 15.8 Å². The average molecular weight is 582 g/mol. The third kappa shape index (κ3) is 5.91. The van der Waals surface area contributed by atoms with Crippen LogP contribution in [0.3, 0.4) is 0 Å². The molecule has 1 N–H and O–H groups in total. The average Bonchev–Trinajstić information content (AvgIpc) is 2.76. The summed E-state index contributed by atoms with van der Waals surface area (Å²) in [7, 11) is -7.23. The molecule has 0 aliphatic rings. The summed E-state index contributed by atoms with van der Waals surface area (Å²) in [5.74, 6) is -0.873. The van der Waals surface area contributed by atoms with Gasteiger partial charge in [0.25, 0.3) is 10.0 Å². The van der Waals surface area contributed by atoms with Crippen molar-refractivity contribution in [3.63, 3.8) is 0 Å². The SMILES string of the molecule is CN(c1ccccc1C(=O)c1ncc(Cl)cc1NS(=O)(=O)c1ccc(Cl)c(C(F)(F)F)c1)S(C)(=O)=O. The Morgan fingerprint density at radius 3 is 2.28 bits per heavy atom. The Morgan fingerprint density at radius 1 is 1.03 bits per heavy atom. The summed E-state index contributed by atoms with van der Waals surface area (Å²) in [6.45, 7) is 0. The van der Waals surface area contributed by atoms with Crippen LogP contribution in [0.5, 0.6) is 0 Å². The first-order chi connectivity index (χ1) is 16.5. The fourth-order valence-electron chi connectivity index (χ4n) is 3.04. The molecule has 0 unspecified atom stereocenters. The van der Waals surface area contributed by atoms with Crippen LogP contribution in [0, 0.1) is 0 Å². The zero-order valence-electron chi connectivity index (χ0n) is 18.3. The Balaban J connectivity index is 2.10. The first-order valence-corrected chi connectivity index (χ1v) is 13.7. The smallest absolute Gasteiger partial charge is 0.287 e. The van der Waals surface area contributed by atoms with E-state index in [1.807, 2.05) is 4.72 Å². The van der Waals surface area contributed by atoms with Crippen LogP contribution in [0.2, 0.25) is 10.0 Å². The molecular weight excluding hydrogens is 566 g/mol. The lowest BCUT2D eigenvalue weighted by molar-refractivity contribution is -0.137. The van der Waals surface area contributed by atoms with E-state index in [-0.39, 0.29) is 16.3 Å². The molecule has 0 aliphatic carbocycles. The van der Waals surface area contributed by atoms with Crippen molar-refractivity contribution in [2.45, 2.75) is 11.1 Å². The molecule has 3 aromatic rings. The number of carbonyl (C=O) groups is 1. The van der Waals surface area contributed by atoms with Gasteiger partial charge in [-0.1, -0.05) is 35.3 Å². The molecular formula is C21H16Cl2F3N3O5S2. The van der Waals surface area contributed by atoms with Gasteiger partial charge in [0.05, 0.1) is 38.1 Å². The van der Waals surface area contributed by atoms with Crippen molar-refractivity contribution in [3.8, 4) is 0 Å². The minimum atomic E-state index is -4.92. The number of aromatic nitrogens is 1. The van der Waals surface area contributed by atoms with E-state index in [4.69, 9.17) is 23.2 Å². The largest absolute Gasteiger partial charge is 0.417 e. The second-order valence-electron chi connectivity index (χ2n) is 7.37. The molecule has 15 heteroatoms. The van der Waals surface area contributed by atoms with Gasteiger partial charge in [0, 0.05) is 18.8 Å². The number of carbonyl (C=O) groups excluding carboxylic acids is 1. The number of rotatable bonds is 7. The summed E-state index contributed by atoms with van der Waals surface area (Å²) in [6.07, 6.45) is -2.94. The van der Waals surface area contributed by atoms with Crippen molar-refractivity contribution in [2.24, 2.45) is 0 Å². The molecule has 0 bridgehead atoms. The van der Waals surface area contributed by atoms with E-state index in [9.17, 15) is 34.8 Å². The molecule has 0 amide bonds. The molecule has 8 nitrogen and oxygen atoms in total. The molecule has 1 aromatic heterocycles. The van der Waals surface area contributed by atoms with Crippen molar-refractivity contribution in [1.29, 1.82) is 0 Å². The Hall–Kier alpha value is -2.87. The number of anilines is 2. The van der Waals surface area contributed by atoms with Crippen LogP contribution in [0.1, 0.15) is 21.6 Å². The number of nitrogens with one attached hydrogen (secondary N) is 1. The lowest BCUT2D eigenvalue weighted by atomic mass is 10.0. The molecule has 36 heavy (non-hydrogen) atoms. The zero-order valence-corrected chi connectivity index (χ0v) is 21.5. The Morgan fingerprint density at radius 2 is 1.67 bits per heavy atom. The van der Waals surface area contributed by atoms with E-state index in [0.717, 1.165) is 35.0 Å². The van der Waals surface area contributed by atoms with E-state index in [1.54, 1.807) is 0 Å². The molecule has 0 fully saturated rings. The van der Waals surface area contributed by atoms with Gasteiger partial charge in [-0.05, 0) is 36.4 Å². The van der Waals surface area contributed by atoms with Crippen LogP contribution < -0.4 is 9.03 Å². The molecule has 0 saturated heterocycles. The zero-order chi connectivity index (χ0) is 27.1. The number of hydrogen-bond donors (Lipinski definition) is 1. The molecule has 3 rings (SSSR count). The third-order valence-corrected chi connectivity index (χ3v) is 7.94. The van der Waals surface area contributed by atoms with Crippen molar-refractivity contribution in [2.75, 3.05) is 22.3 Å². The number of sulfonamides is 2. The van der Waals surface area contributed by atoms with Crippen LogP contribution in [0.25, 0.3) is 0 Å². The standard InChI is InChI=1S/C21H16Cl2F3N3O5S2/c1-29(35(2,31)32)18-6-4-3-5-14(18)20(30)19-17(9-12(22)11-27-19)28-36(33,34)13-7-8-16(23)15(10-13)21(24,25)26/h3-11,28H,1-2H3. The van der Waals surface area contributed by atoms with Gasteiger partial charge in [-0.2, -0.15) is 13.2 Å². The Kier molecular flexibility index (Phi) is 7.61. The van der Waals surface area contributed by atoms with Gasteiger partial charge >= 0.3 is 6.18 Å². The fourth-order valence-corrected chi connectivity index (χ4v) is 5.02. The van der Waals surface area contributed by atoms with Gasteiger partial charge < -0.3 is 0 Å². The Labute approximate surface area is 214 Å². The van der Waals surface area contributed by atoms with Crippen LogP contribution in [0.15, 0.2) is 59.6 Å². The highest BCUT2D eigenvalue weighted by Crippen LogP contribution is 2.36. The second kappa shape index (κ2) is 9.88. The second-order valence-corrected chi connectivity index (χ2v) is 11.9. The molecule has 0 saturated carbocycles. The number of ketones is 1. The number of para-hydroxylation sites is 1. The van der Waals surface area contributed by atoms with E-state index in [2.05, 4.69) is 4.98 Å². The summed E-state index contributed by atoms with van der Waals surface area (Å²) in [5, 5.41) is -0.786. The number of halogens is 5. The van der Waals surface area contributed by atoms with Crippen molar-refractivity contribution in [3.05, 3.63) is 81.6 Å². The first-order valence-electron chi connectivity index (χ1n) is 9.65. The number of nitrogens with zero attached hydrogens (tertiary/aromatic N) is 2. The third-order valence-electron chi connectivity index (χ3n) is 4.85. The van der Waals surface area contributed by atoms with Crippen molar-refractivity contribution >= 4 is 60.4 Å². The van der Waals surface area contributed by atoms with Gasteiger partial charge in [0.1, 0.15) is 5.69 Å². The highest BCUT2D eigenvalue weighted by atomic mass is 35.5. The predicted molar refractivity (Wildman–Crippen MR) is 130 cm³/mol. The molecule has 0 spiro atoms. The maximum absolute atomic E-state index is 13.4. The van der Waals surface area contributed by atoms with E-state index in [1.165, 1.54) is 31.3 Å². The summed E-state index contributed by atoms with van der Waals surface area (Å²) in [6, 6.07) is 8.64.